The summed E-state index contributed by atoms with van der Waals surface area (Å²) in [6, 6.07) is 21.4. The highest BCUT2D eigenvalue weighted by Gasteiger charge is 2.11. The van der Waals surface area contributed by atoms with Gasteiger partial charge in [0.2, 0.25) is 5.91 Å². The topological polar surface area (TPSA) is 86.9 Å². The monoisotopic (exact) mass is 356 g/mol. The van der Waals surface area contributed by atoms with E-state index in [4.69, 9.17) is 11.5 Å². The van der Waals surface area contributed by atoms with Crippen LogP contribution in [0.4, 0.5) is 0 Å². The Balaban J connectivity index is 1.82. The molecule has 0 saturated carbocycles. The number of rotatable bonds is 4. The molecule has 134 valence electrons. The van der Waals surface area contributed by atoms with Crippen LogP contribution < -0.4 is 11.5 Å². The number of carbonyl (C=O) groups excluding carboxylic acids is 1. The van der Waals surface area contributed by atoms with Crippen molar-refractivity contribution in [3.63, 3.8) is 0 Å². The van der Waals surface area contributed by atoms with Gasteiger partial charge in [0.1, 0.15) is 6.33 Å². The number of amides is 1. The molecule has 3 aromatic carbocycles. The molecule has 0 saturated heterocycles. The summed E-state index contributed by atoms with van der Waals surface area (Å²) in [5.74, 6) is -0.437. The summed E-state index contributed by atoms with van der Waals surface area (Å²) in [7, 11) is 0. The van der Waals surface area contributed by atoms with Gasteiger partial charge in [-0.05, 0) is 53.9 Å². The largest absolute Gasteiger partial charge is 0.366 e. The molecule has 4 aromatic rings. The predicted molar refractivity (Wildman–Crippen MR) is 108 cm³/mol. The zero-order valence-corrected chi connectivity index (χ0v) is 15.0. The Morgan fingerprint density at radius 2 is 1.85 bits per heavy atom. The number of benzene rings is 3. The van der Waals surface area contributed by atoms with Gasteiger partial charge in [0.15, 0.2) is 0 Å². The molecule has 0 radical (unpaired) electrons. The van der Waals surface area contributed by atoms with Gasteiger partial charge >= 0.3 is 0 Å². The lowest BCUT2D eigenvalue weighted by Crippen LogP contribution is -2.12. The Kier molecular flexibility index (Phi) is 4.22. The molecule has 1 amide bonds. The molecule has 1 atom stereocenters. The van der Waals surface area contributed by atoms with Crippen molar-refractivity contribution in [3.8, 4) is 16.8 Å². The maximum atomic E-state index is 11.8. The smallest absolute Gasteiger partial charge is 0.249 e. The maximum absolute atomic E-state index is 11.8. The van der Waals surface area contributed by atoms with E-state index in [1.807, 2.05) is 72.2 Å². The highest BCUT2D eigenvalue weighted by Crippen LogP contribution is 2.27. The Morgan fingerprint density at radius 3 is 2.63 bits per heavy atom. The van der Waals surface area contributed by atoms with Gasteiger partial charge in [-0.2, -0.15) is 0 Å². The van der Waals surface area contributed by atoms with E-state index in [9.17, 15) is 4.79 Å². The summed E-state index contributed by atoms with van der Waals surface area (Å²) >= 11 is 0. The zero-order valence-electron chi connectivity index (χ0n) is 15.0. The minimum atomic E-state index is -0.437. The fraction of sp³-hybridized carbons (Fsp3) is 0.0909. The average Bonchev–Trinajstić information content (AvgIpc) is 3.11. The van der Waals surface area contributed by atoms with Crippen molar-refractivity contribution < 1.29 is 4.79 Å². The van der Waals surface area contributed by atoms with Crippen LogP contribution in [0.15, 0.2) is 73.1 Å². The number of primary amides is 1. The molecule has 0 aliphatic rings. The van der Waals surface area contributed by atoms with Crippen LogP contribution in [0.3, 0.4) is 0 Å². The number of carbonyl (C=O) groups is 1. The van der Waals surface area contributed by atoms with Crippen molar-refractivity contribution in [2.75, 3.05) is 0 Å². The second-order valence-corrected chi connectivity index (χ2v) is 6.61. The van der Waals surface area contributed by atoms with Gasteiger partial charge in [-0.15, -0.1) is 0 Å². The normalized spacial score (nSPS) is 12.2. The van der Waals surface area contributed by atoms with Crippen LogP contribution in [0, 0.1) is 0 Å². The van der Waals surface area contributed by atoms with Gasteiger partial charge in [-0.1, -0.05) is 36.4 Å². The average molecular weight is 356 g/mol. The first kappa shape index (κ1) is 17.0. The van der Waals surface area contributed by atoms with Gasteiger partial charge < -0.3 is 11.5 Å². The number of hydrogen-bond donors (Lipinski definition) is 2. The summed E-state index contributed by atoms with van der Waals surface area (Å²) in [5, 5.41) is 0. The number of fused-ring (bicyclic) bond motifs is 1. The summed E-state index contributed by atoms with van der Waals surface area (Å²) in [6.07, 6.45) is 1.80. The van der Waals surface area contributed by atoms with E-state index in [-0.39, 0.29) is 6.04 Å². The maximum Gasteiger partial charge on any atom is 0.249 e. The number of hydrogen-bond acceptors (Lipinski definition) is 3. The van der Waals surface area contributed by atoms with Crippen molar-refractivity contribution in [1.29, 1.82) is 0 Å². The van der Waals surface area contributed by atoms with E-state index in [1.54, 1.807) is 12.4 Å². The van der Waals surface area contributed by atoms with Crippen LogP contribution in [0.25, 0.3) is 27.8 Å². The molecule has 4 rings (SSSR count). The third-order valence-corrected chi connectivity index (χ3v) is 4.72. The molecule has 4 N–H and O–H groups in total. The molecule has 5 heteroatoms. The van der Waals surface area contributed by atoms with Gasteiger partial charge in [-0.3, -0.25) is 9.36 Å². The molecule has 0 aliphatic carbocycles. The minimum absolute atomic E-state index is 0.0341. The molecule has 0 spiro atoms. The van der Waals surface area contributed by atoms with E-state index in [1.165, 1.54) is 0 Å². The van der Waals surface area contributed by atoms with Gasteiger partial charge in [-0.25, -0.2) is 4.98 Å². The Hall–Kier alpha value is -3.44. The van der Waals surface area contributed by atoms with Crippen molar-refractivity contribution in [2.24, 2.45) is 11.5 Å². The Bertz CT molecular complexity index is 1140. The second kappa shape index (κ2) is 6.70. The van der Waals surface area contributed by atoms with Crippen molar-refractivity contribution >= 4 is 16.9 Å². The first-order valence-corrected chi connectivity index (χ1v) is 8.77. The summed E-state index contributed by atoms with van der Waals surface area (Å²) < 4.78 is 2.02. The Labute approximate surface area is 157 Å². The second-order valence-electron chi connectivity index (χ2n) is 6.61. The molecule has 0 aliphatic heterocycles. The zero-order chi connectivity index (χ0) is 19.0. The fourth-order valence-corrected chi connectivity index (χ4v) is 3.29. The van der Waals surface area contributed by atoms with Crippen molar-refractivity contribution in [1.82, 2.24) is 9.55 Å². The standard InChI is InChI=1S/C22H20N4O/c1-14(23)15-9-10-21-20(12-15)25-13-26(21)17-6-4-5-16(11-17)18-7-2-3-8-19(18)22(24)27/h2-14H,23H2,1H3,(H2,24,27). The third kappa shape index (κ3) is 3.09. The van der Waals surface area contributed by atoms with E-state index in [0.717, 1.165) is 33.4 Å². The molecule has 0 fully saturated rings. The van der Waals surface area contributed by atoms with Crippen molar-refractivity contribution in [3.05, 3.63) is 84.2 Å². The van der Waals surface area contributed by atoms with E-state index >= 15 is 0 Å². The molecule has 5 nitrogen and oxygen atoms in total. The third-order valence-electron chi connectivity index (χ3n) is 4.72. The lowest BCUT2D eigenvalue weighted by molar-refractivity contribution is 0.100. The van der Waals surface area contributed by atoms with Crippen LogP contribution in [0.5, 0.6) is 0 Å². The van der Waals surface area contributed by atoms with E-state index in [0.29, 0.717) is 5.56 Å². The molecular formula is C22H20N4O. The number of nitrogens with zero attached hydrogens (tertiary/aromatic N) is 2. The van der Waals surface area contributed by atoms with Crippen molar-refractivity contribution in [2.45, 2.75) is 13.0 Å². The minimum Gasteiger partial charge on any atom is -0.366 e. The lowest BCUT2D eigenvalue weighted by atomic mass is 9.99. The van der Waals surface area contributed by atoms with Gasteiger partial charge in [0.25, 0.3) is 0 Å². The molecular weight excluding hydrogens is 336 g/mol. The SMILES string of the molecule is CC(N)c1ccc2c(c1)ncn2-c1cccc(-c2ccccc2C(N)=O)c1. The Morgan fingerprint density at radius 1 is 1.04 bits per heavy atom. The number of nitrogens with two attached hydrogens (primary N) is 2. The van der Waals surface area contributed by atoms with Gasteiger partial charge in [0.05, 0.1) is 11.0 Å². The first-order valence-electron chi connectivity index (χ1n) is 8.77. The predicted octanol–water partition coefficient (Wildman–Crippen LogP) is 3.81. The number of imidazole rings is 1. The first-order chi connectivity index (χ1) is 13.0. The molecule has 27 heavy (non-hydrogen) atoms. The fourth-order valence-electron chi connectivity index (χ4n) is 3.29. The molecule has 0 bridgehead atoms. The van der Waals surface area contributed by atoms with Crippen LogP contribution in [0.2, 0.25) is 0 Å². The summed E-state index contributed by atoms with van der Waals surface area (Å²) in [4.78, 5) is 16.3. The van der Waals surface area contributed by atoms with Crippen LogP contribution in [-0.2, 0) is 0 Å². The van der Waals surface area contributed by atoms with Gasteiger partial charge in [0, 0.05) is 17.3 Å². The quantitative estimate of drug-likeness (QED) is 0.583. The highest BCUT2D eigenvalue weighted by molar-refractivity contribution is 6.00. The van der Waals surface area contributed by atoms with E-state index < -0.39 is 5.91 Å². The summed E-state index contributed by atoms with van der Waals surface area (Å²) in [5.41, 5.74) is 17.7. The highest BCUT2D eigenvalue weighted by atomic mass is 16.1. The molecule has 1 heterocycles. The van der Waals surface area contributed by atoms with Crippen LogP contribution >= 0.6 is 0 Å². The van der Waals surface area contributed by atoms with Crippen LogP contribution in [-0.4, -0.2) is 15.5 Å². The molecule has 1 unspecified atom stereocenters. The van der Waals surface area contributed by atoms with E-state index in [2.05, 4.69) is 4.98 Å². The number of aromatic nitrogens is 2. The van der Waals surface area contributed by atoms with Crippen LogP contribution in [0.1, 0.15) is 28.9 Å². The summed E-state index contributed by atoms with van der Waals surface area (Å²) in [6.45, 7) is 1.96. The molecule has 1 aromatic heterocycles. The lowest BCUT2D eigenvalue weighted by Gasteiger charge is -2.10.